The van der Waals surface area contributed by atoms with Crippen LogP contribution >= 0.6 is 23.2 Å². The van der Waals surface area contributed by atoms with Gasteiger partial charge < -0.3 is 24.6 Å². The number of hydrogen-bond acceptors (Lipinski definition) is 7. The normalized spacial score (nSPS) is 16.9. The second-order valence-corrected chi connectivity index (χ2v) is 11.1. The predicted octanol–water partition coefficient (Wildman–Crippen LogP) is 4.39. The molecule has 0 unspecified atom stereocenters. The third-order valence-corrected chi connectivity index (χ3v) is 8.08. The third kappa shape index (κ3) is 4.70. The Morgan fingerprint density at radius 1 is 1.23 bits per heavy atom. The highest BCUT2D eigenvalue weighted by molar-refractivity contribution is 6.33. The van der Waals surface area contributed by atoms with Crippen molar-refractivity contribution in [3.63, 3.8) is 0 Å². The van der Waals surface area contributed by atoms with Gasteiger partial charge in [0.15, 0.2) is 0 Å². The summed E-state index contributed by atoms with van der Waals surface area (Å²) in [7, 11) is 0. The highest BCUT2D eigenvalue weighted by Crippen LogP contribution is 2.36. The van der Waals surface area contributed by atoms with Crippen molar-refractivity contribution in [1.29, 1.82) is 0 Å². The summed E-state index contributed by atoms with van der Waals surface area (Å²) in [4.78, 5) is 38.3. The number of hydrogen-bond donors (Lipinski definition) is 2. The largest absolute Gasteiger partial charge is 0.506 e. The van der Waals surface area contributed by atoms with E-state index in [9.17, 15) is 14.7 Å². The fourth-order valence-corrected chi connectivity index (χ4v) is 5.87. The van der Waals surface area contributed by atoms with Crippen LogP contribution in [0.25, 0.3) is 22.2 Å². The lowest BCUT2D eigenvalue weighted by Gasteiger charge is -2.34. The maximum atomic E-state index is 13.6. The van der Waals surface area contributed by atoms with Gasteiger partial charge in [-0.25, -0.2) is 9.97 Å². The molecule has 0 radical (unpaired) electrons. The molecule has 0 aliphatic carbocycles. The van der Waals surface area contributed by atoms with E-state index < -0.39 is 0 Å². The molecule has 0 saturated carbocycles. The molecule has 2 aliphatic heterocycles. The Hall–Kier alpha value is -3.60. The fraction of sp³-hybridized carbons (Fsp3) is 0.357. The first kappa shape index (κ1) is 26.6. The van der Waals surface area contributed by atoms with E-state index in [4.69, 9.17) is 32.9 Å². The number of aromatic nitrogens is 4. The fourth-order valence-electron chi connectivity index (χ4n) is 5.45. The molecule has 208 valence electrons. The maximum absolute atomic E-state index is 13.6. The van der Waals surface area contributed by atoms with Gasteiger partial charge in [-0.1, -0.05) is 23.2 Å². The Balaban J connectivity index is 1.37. The van der Waals surface area contributed by atoms with Crippen molar-refractivity contribution in [1.82, 2.24) is 19.1 Å². The van der Waals surface area contributed by atoms with E-state index in [0.717, 1.165) is 6.42 Å². The summed E-state index contributed by atoms with van der Waals surface area (Å²) in [5.74, 6) is 1.06. The molecule has 0 bridgehead atoms. The predicted molar refractivity (Wildman–Crippen MR) is 155 cm³/mol. The van der Waals surface area contributed by atoms with Gasteiger partial charge in [0.2, 0.25) is 5.91 Å². The van der Waals surface area contributed by atoms with Crippen LogP contribution in [0.2, 0.25) is 10.0 Å². The highest BCUT2D eigenvalue weighted by atomic mass is 35.5. The third-order valence-electron chi connectivity index (χ3n) is 7.49. The summed E-state index contributed by atoms with van der Waals surface area (Å²) < 4.78 is 8.89. The summed E-state index contributed by atoms with van der Waals surface area (Å²) in [6.45, 7) is 6.18. The molecule has 1 saturated heterocycles. The van der Waals surface area contributed by atoms with E-state index in [1.807, 2.05) is 0 Å². The smallest absolute Gasteiger partial charge is 0.263 e. The number of phenols is 1. The van der Waals surface area contributed by atoms with Gasteiger partial charge in [0.25, 0.3) is 5.56 Å². The van der Waals surface area contributed by atoms with E-state index >= 15 is 0 Å². The van der Waals surface area contributed by atoms with E-state index in [-0.39, 0.29) is 34.8 Å². The molecule has 1 aromatic carbocycles. The van der Waals surface area contributed by atoms with Crippen LogP contribution in [-0.4, -0.2) is 55.9 Å². The number of benzene rings is 1. The van der Waals surface area contributed by atoms with Gasteiger partial charge in [-0.15, -0.1) is 0 Å². The number of halogens is 2. The molecule has 6 rings (SSSR count). The lowest BCUT2D eigenvalue weighted by molar-refractivity contribution is -0.116. The number of ether oxygens (including phenoxy) is 1. The number of aryl methyl sites for hydroxylation is 2. The topological polar surface area (TPSA) is 115 Å². The Bertz CT molecular complexity index is 1690. The first-order valence-electron chi connectivity index (χ1n) is 13.1. The molecule has 10 nitrogen and oxygen atoms in total. The minimum Gasteiger partial charge on any atom is -0.506 e. The molecule has 12 heteroatoms. The number of pyridine rings is 1. The highest BCUT2D eigenvalue weighted by Gasteiger charge is 2.25. The number of anilines is 2. The first-order chi connectivity index (χ1) is 19.2. The number of morpholine rings is 1. The number of fused-ring (bicyclic) bond motifs is 2. The van der Waals surface area contributed by atoms with Gasteiger partial charge in [0.05, 0.1) is 46.6 Å². The van der Waals surface area contributed by atoms with Crippen LogP contribution < -0.4 is 15.8 Å². The minimum absolute atomic E-state index is 0.00987. The summed E-state index contributed by atoms with van der Waals surface area (Å²) in [6, 6.07) is 5.29. The van der Waals surface area contributed by atoms with Crippen molar-refractivity contribution in [3.8, 4) is 16.9 Å². The molecule has 3 aromatic heterocycles. The van der Waals surface area contributed by atoms with Crippen LogP contribution in [0.3, 0.4) is 0 Å². The van der Waals surface area contributed by atoms with Crippen molar-refractivity contribution in [2.45, 2.75) is 45.8 Å². The van der Waals surface area contributed by atoms with Crippen molar-refractivity contribution in [3.05, 3.63) is 62.4 Å². The molecular formula is C28H28Cl2N6O4. The standard InChI is InChI=1S/C28H28Cl2N6O4/c1-15-8-17(9-19(29)26(15)38)18-12-34(27-25(18)28(39)36-5-3-4-22(36)33-27)13-24(37)32-21-10-23(31-11-20(21)30)35-6-7-40-14-16(35)2/h8-12,16,38H,3-7,13-14H2,1-2H3,(H,31,32,37)/t16-/m0/s1. The van der Waals surface area contributed by atoms with Crippen LogP contribution in [0, 0.1) is 6.92 Å². The van der Waals surface area contributed by atoms with Gasteiger partial charge in [0, 0.05) is 37.3 Å². The van der Waals surface area contributed by atoms with Crippen LogP contribution in [-0.2, 0) is 29.0 Å². The lowest BCUT2D eigenvalue weighted by Crippen LogP contribution is -2.44. The molecule has 40 heavy (non-hydrogen) atoms. The molecule has 4 aromatic rings. The van der Waals surface area contributed by atoms with Crippen molar-refractivity contribution in [2.75, 3.05) is 30.0 Å². The van der Waals surface area contributed by atoms with E-state index in [1.165, 1.54) is 6.20 Å². The number of amides is 1. The van der Waals surface area contributed by atoms with Crippen LogP contribution in [0.15, 0.2) is 35.4 Å². The number of carbonyl (C=O) groups excluding carboxylic acids is 1. The molecule has 2 N–H and O–H groups in total. The van der Waals surface area contributed by atoms with Gasteiger partial charge >= 0.3 is 0 Å². The van der Waals surface area contributed by atoms with E-state index in [2.05, 4.69) is 22.1 Å². The zero-order valence-corrected chi connectivity index (χ0v) is 23.6. The number of nitrogens with zero attached hydrogens (tertiary/aromatic N) is 5. The number of aromatic hydroxyl groups is 1. The van der Waals surface area contributed by atoms with Crippen LogP contribution in [0.4, 0.5) is 11.5 Å². The van der Waals surface area contributed by atoms with Gasteiger partial charge in [-0.3, -0.25) is 14.2 Å². The van der Waals surface area contributed by atoms with Crippen LogP contribution in [0.1, 0.15) is 24.7 Å². The number of nitrogens with one attached hydrogen (secondary N) is 1. The van der Waals surface area contributed by atoms with Crippen molar-refractivity contribution in [2.24, 2.45) is 0 Å². The van der Waals surface area contributed by atoms with Gasteiger partial charge in [0.1, 0.15) is 29.6 Å². The minimum atomic E-state index is -0.333. The summed E-state index contributed by atoms with van der Waals surface area (Å²) in [6.07, 6.45) is 4.79. The monoisotopic (exact) mass is 582 g/mol. The SMILES string of the molecule is Cc1cc(-c2cn(CC(=O)Nc3cc(N4CCOC[C@@H]4C)ncc3Cl)c3nc4n(c(=O)c23)CCC4)cc(Cl)c1O. The molecule has 1 atom stereocenters. The first-order valence-corrected chi connectivity index (χ1v) is 13.9. The number of phenolic OH excluding ortho intramolecular Hbond substituents is 1. The molecular weight excluding hydrogens is 555 g/mol. The average Bonchev–Trinajstić information content (AvgIpc) is 3.54. The van der Waals surface area contributed by atoms with Crippen molar-refractivity contribution >= 4 is 51.6 Å². The molecule has 2 aliphatic rings. The summed E-state index contributed by atoms with van der Waals surface area (Å²) in [5.41, 5.74) is 2.54. The average molecular weight is 583 g/mol. The zero-order chi connectivity index (χ0) is 28.1. The second kappa shape index (κ2) is 10.4. The van der Waals surface area contributed by atoms with Gasteiger partial charge in [-0.2, -0.15) is 0 Å². The van der Waals surface area contributed by atoms with Crippen molar-refractivity contribution < 1.29 is 14.6 Å². The molecule has 0 spiro atoms. The Morgan fingerprint density at radius 2 is 2.05 bits per heavy atom. The zero-order valence-electron chi connectivity index (χ0n) is 22.1. The summed E-state index contributed by atoms with van der Waals surface area (Å²) in [5, 5.41) is 14.0. The summed E-state index contributed by atoms with van der Waals surface area (Å²) >= 11 is 12.7. The van der Waals surface area contributed by atoms with E-state index in [0.29, 0.717) is 82.8 Å². The lowest BCUT2D eigenvalue weighted by atomic mass is 10.0. The number of carbonyl (C=O) groups is 1. The van der Waals surface area contributed by atoms with Crippen LogP contribution in [0.5, 0.6) is 5.75 Å². The Morgan fingerprint density at radius 3 is 2.83 bits per heavy atom. The quantitative estimate of drug-likeness (QED) is 0.358. The molecule has 1 fully saturated rings. The maximum Gasteiger partial charge on any atom is 0.263 e. The van der Waals surface area contributed by atoms with E-state index in [1.54, 1.807) is 40.5 Å². The molecule has 5 heterocycles. The molecule has 1 amide bonds. The Labute approximate surface area is 240 Å². The Kier molecular flexibility index (Phi) is 6.93. The van der Waals surface area contributed by atoms with Gasteiger partial charge in [-0.05, 0) is 43.5 Å². The number of rotatable bonds is 5. The second-order valence-electron chi connectivity index (χ2n) is 10.3.